The largest absolute Gasteiger partial charge is 0.490 e. The number of rotatable bonds is 1. The average Bonchev–Trinajstić information content (AvgIpc) is 2.74. The van der Waals surface area contributed by atoms with Crippen molar-refractivity contribution in [2.24, 2.45) is 0 Å². The van der Waals surface area contributed by atoms with Crippen LogP contribution in [0.2, 0.25) is 0 Å². The highest BCUT2D eigenvalue weighted by Gasteiger charge is 2.13. The van der Waals surface area contributed by atoms with Gasteiger partial charge in [-0.05, 0) is 23.3 Å². The molecule has 0 radical (unpaired) electrons. The number of hydrogen-bond donors (Lipinski definition) is 1. The molecule has 3 rings (SSSR count). The van der Waals surface area contributed by atoms with E-state index in [-0.39, 0.29) is 0 Å². The summed E-state index contributed by atoms with van der Waals surface area (Å²) in [7, 11) is 0. The van der Waals surface area contributed by atoms with Gasteiger partial charge in [0.1, 0.15) is 0 Å². The second-order valence-corrected chi connectivity index (χ2v) is 4.07. The van der Waals surface area contributed by atoms with E-state index in [1.165, 1.54) is 11.1 Å². The van der Waals surface area contributed by atoms with Crippen LogP contribution in [0.3, 0.4) is 0 Å². The summed E-state index contributed by atoms with van der Waals surface area (Å²) in [5, 5.41) is 3.30. The lowest BCUT2D eigenvalue weighted by Gasteiger charge is -2.09. The highest BCUT2D eigenvalue weighted by molar-refractivity contribution is 5.71. The Bertz CT molecular complexity index is 426. The van der Waals surface area contributed by atoms with Crippen LogP contribution in [0.1, 0.15) is 12.0 Å². The molecule has 2 heterocycles. The highest BCUT2D eigenvalue weighted by Crippen LogP contribution is 2.32. The lowest BCUT2D eigenvalue weighted by atomic mass is 10.1. The van der Waals surface area contributed by atoms with E-state index in [0.717, 1.165) is 44.2 Å². The Morgan fingerprint density at radius 2 is 1.94 bits per heavy atom. The molecule has 84 valence electrons. The van der Waals surface area contributed by atoms with Gasteiger partial charge < -0.3 is 14.8 Å². The summed E-state index contributed by atoms with van der Waals surface area (Å²) >= 11 is 0. The predicted molar refractivity (Wildman–Crippen MR) is 62.9 cm³/mol. The van der Waals surface area contributed by atoms with Crippen molar-refractivity contribution >= 4 is 5.57 Å². The minimum Gasteiger partial charge on any atom is -0.490 e. The summed E-state index contributed by atoms with van der Waals surface area (Å²) in [5.41, 5.74) is 2.57. The number of fused-ring (bicyclic) bond motifs is 1. The summed E-state index contributed by atoms with van der Waals surface area (Å²) in [6.07, 6.45) is 3.17. The Balaban J connectivity index is 1.94. The molecule has 2 aliphatic rings. The second kappa shape index (κ2) is 4.18. The van der Waals surface area contributed by atoms with Gasteiger partial charge in [-0.15, -0.1) is 0 Å². The molecular formula is C13H15NO2. The molecule has 0 saturated carbocycles. The van der Waals surface area contributed by atoms with Crippen molar-refractivity contribution in [1.82, 2.24) is 5.32 Å². The van der Waals surface area contributed by atoms with Gasteiger partial charge in [-0.25, -0.2) is 0 Å². The van der Waals surface area contributed by atoms with Gasteiger partial charge in [0.2, 0.25) is 0 Å². The van der Waals surface area contributed by atoms with Gasteiger partial charge in [-0.1, -0.05) is 12.1 Å². The van der Waals surface area contributed by atoms with Gasteiger partial charge in [0.25, 0.3) is 0 Å². The monoisotopic (exact) mass is 217 g/mol. The highest BCUT2D eigenvalue weighted by atomic mass is 16.5. The molecule has 0 spiro atoms. The molecule has 0 bridgehead atoms. The Hall–Kier alpha value is -1.48. The average molecular weight is 217 g/mol. The minimum absolute atomic E-state index is 0.744. The summed E-state index contributed by atoms with van der Waals surface area (Å²) in [6, 6.07) is 6.20. The van der Waals surface area contributed by atoms with Crippen molar-refractivity contribution in [3.8, 4) is 11.5 Å². The molecule has 3 nitrogen and oxygen atoms in total. The topological polar surface area (TPSA) is 30.5 Å². The first-order chi connectivity index (χ1) is 7.93. The van der Waals surface area contributed by atoms with Crippen LogP contribution < -0.4 is 14.8 Å². The van der Waals surface area contributed by atoms with Crippen molar-refractivity contribution < 1.29 is 9.47 Å². The van der Waals surface area contributed by atoms with Crippen LogP contribution in [0.25, 0.3) is 5.57 Å². The zero-order valence-electron chi connectivity index (χ0n) is 9.16. The van der Waals surface area contributed by atoms with Gasteiger partial charge in [-0.2, -0.15) is 0 Å². The normalized spacial score (nSPS) is 19.1. The third-order valence-electron chi connectivity index (χ3n) is 2.93. The predicted octanol–water partition coefficient (Wildman–Crippen LogP) is 1.83. The number of ether oxygens (including phenoxy) is 2. The maximum absolute atomic E-state index is 5.68. The van der Waals surface area contributed by atoms with E-state index in [1.807, 2.05) is 6.07 Å². The van der Waals surface area contributed by atoms with E-state index in [4.69, 9.17) is 9.47 Å². The number of nitrogens with one attached hydrogen (secondary N) is 1. The smallest absolute Gasteiger partial charge is 0.161 e. The molecule has 1 N–H and O–H groups in total. The molecule has 0 saturated heterocycles. The van der Waals surface area contributed by atoms with Crippen LogP contribution in [0, 0.1) is 0 Å². The van der Waals surface area contributed by atoms with Gasteiger partial charge >= 0.3 is 0 Å². The fourth-order valence-electron chi connectivity index (χ4n) is 2.06. The first kappa shape index (κ1) is 9.73. The molecule has 1 aromatic rings. The SMILES string of the molecule is C1=C(c2ccc3c(c2)OCCCO3)CNC1. The van der Waals surface area contributed by atoms with E-state index in [0.29, 0.717) is 0 Å². The Labute approximate surface area is 95.1 Å². The van der Waals surface area contributed by atoms with Crippen molar-refractivity contribution in [3.63, 3.8) is 0 Å². The molecule has 2 aliphatic heterocycles. The standard InChI is InChI=1S/C13H15NO2/c1-6-15-12-3-2-10(8-13(12)16-7-1)11-4-5-14-9-11/h2-4,8,14H,1,5-7,9H2. The van der Waals surface area contributed by atoms with Crippen molar-refractivity contribution in [3.05, 3.63) is 29.8 Å². The van der Waals surface area contributed by atoms with E-state index in [9.17, 15) is 0 Å². The fraction of sp³-hybridized carbons (Fsp3) is 0.385. The molecule has 0 aromatic heterocycles. The van der Waals surface area contributed by atoms with Crippen molar-refractivity contribution in [2.45, 2.75) is 6.42 Å². The summed E-state index contributed by atoms with van der Waals surface area (Å²) < 4.78 is 11.3. The lowest BCUT2D eigenvalue weighted by molar-refractivity contribution is 0.297. The summed E-state index contributed by atoms with van der Waals surface area (Å²) in [4.78, 5) is 0. The third-order valence-corrected chi connectivity index (χ3v) is 2.93. The first-order valence-electron chi connectivity index (χ1n) is 5.73. The fourth-order valence-corrected chi connectivity index (χ4v) is 2.06. The maximum Gasteiger partial charge on any atom is 0.161 e. The zero-order chi connectivity index (χ0) is 10.8. The molecule has 0 atom stereocenters. The molecular weight excluding hydrogens is 202 g/mol. The lowest BCUT2D eigenvalue weighted by Crippen LogP contribution is -2.07. The first-order valence-corrected chi connectivity index (χ1v) is 5.73. The van der Waals surface area contributed by atoms with Crippen molar-refractivity contribution in [1.29, 1.82) is 0 Å². The van der Waals surface area contributed by atoms with E-state index >= 15 is 0 Å². The van der Waals surface area contributed by atoms with Crippen LogP contribution in [-0.4, -0.2) is 26.3 Å². The summed E-state index contributed by atoms with van der Waals surface area (Å²) in [5.74, 6) is 1.75. The quantitative estimate of drug-likeness (QED) is 0.778. The van der Waals surface area contributed by atoms with Gasteiger partial charge in [0.15, 0.2) is 11.5 Å². The van der Waals surface area contributed by atoms with Gasteiger partial charge in [0.05, 0.1) is 13.2 Å². The number of benzene rings is 1. The molecule has 0 unspecified atom stereocenters. The summed E-state index contributed by atoms with van der Waals surface area (Å²) in [6.45, 7) is 3.40. The van der Waals surface area contributed by atoms with Crippen LogP contribution >= 0.6 is 0 Å². The molecule has 0 aliphatic carbocycles. The molecule has 16 heavy (non-hydrogen) atoms. The molecule has 0 fully saturated rings. The second-order valence-electron chi connectivity index (χ2n) is 4.07. The van der Waals surface area contributed by atoms with E-state index in [2.05, 4.69) is 23.5 Å². The Morgan fingerprint density at radius 3 is 2.75 bits per heavy atom. The van der Waals surface area contributed by atoms with Gasteiger partial charge in [-0.3, -0.25) is 0 Å². The van der Waals surface area contributed by atoms with Crippen LogP contribution in [0.15, 0.2) is 24.3 Å². The van der Waals surface area contributed by atoms with E-state index < -0.39 is 0 Å². The Morgan fingerprint density at radius 1 is 1.06 bits per heavy atom. The molecule has 3 heteroatoms. The van der Waals surface area contributed by atoms with Crippen LogP contribution in [0.4, 0.5) is 0 Å². The molecule has 0 amide bonds. The zero-order valence-corrected chi connectivity index (χ0v) is 9.16. The third kappa shape index (κ3) is 1.78. The number of hydrogen-bond acceptors (Lipinski definition) is 3. The van der Waals surface area contributed by atoms with Crippen LogP contribution in [-0.2, 0) is 0 Å². The van der Waals surface area contributed by atoms with Crippen molar-refractivity contribution in [2.75, 3.05) is 26.3 Å². The minimum atomic E-state index is 0.744. The molecule has 1 aromatic carbocycles. The maximum atomic E-state index is 5.68. The Kier molecular flexibility index (Phi) is 2.54. The van der Waals surface area contributed by atoms with Crippen LogP contribution in [0.5, 0.6) is 11.5 Å². The van der Waals surface area contributed by atoms with E-state index in [1.54, 1.807) is 0 Å². The van der Waals surface area contributed by atoms with Gasteiger partial charge in [0, 0.05) is 19.5 Å².